The molecule has 0 saturated carbocycles. The third-order valence-corrected chi connectivity index (χ3v) is 3.86. The quantitative estimate of drug-likeness (QED) is 0.910. The molecule has 3 heteroatoms. The van der Waals surface area contributed by atoms with Gasteiger partial charge in [0.25, 0.3) is 0 Å². The molecular formula is C18H23NO2. The van der Waals surface area contributed by atoms with E-state index in [2.05, 4.69) is 37.4 Å². The van der Waals surface area contributed by atoms with Gasteiger partial charge in [0.2, 0.25) is 0 Å². The highest BCUT2D eigenvalue weighted by Gasteiger charge is 2.15. The van der Waals surface area contributed by atoms with Crippen LogP contribution in [0.3, 0.4) is 0 Å². The van der Waals surface area contributed by atoms with Gasteiger partial charge in [-0.1, -0.05) is 18.2 Å². The zero-order valence-electron chi connectivity index (χ0n) is 13.4. The predicted octanol–water partition coefficient (Wildman–Crippen LogP) is 3.63. The monoisotopic (exact) mass is 285 g/mol. The van der Waals surface area contributed by atoms with Gasteiger partial charge >= 0.3 is 0 Å². The highest BCUT2D eigenvalue weighted by atomic mass is 16.5. The number of aryl methyl sites for hydroxylation is 2. The third-order valence-electron chi connectivity index (χ3n) is 3.86. The van der Waals surface area contributed by atoms with Crippen LogP contribution in [0.15, 0.2) is 36.4 Å². The van der Waals surface area contributed by atoms with E-state index in [4.69, 9.17) is 9.47 Å². The molecule has 0 saturated heterocycles. The normalized spacial score (nSPS) is 12.0. The molecule has 0 spiro atoms. The Kier molecular flexibility index (Phi) is 4.86. The average Bonchev–Trinajstić information content (AvgIpc) is 2.51. The standard InChI is InChI=1S/C18H23NO2/c1-12-6-7-14(8-13(12)2)18(19-3)15-9-16(20-4)11-17(10-15)21-5/h6-11,18-19H,1-5H3. The fourth-order valence-corrected chi connectivity index (χ4v) is 2.47. The van der Waals surface area contributed by atoms with Crippen LogP contribution >= 0.6 is 0 Å². The van der Waals surface area contributed by atoms with Gasteiger partial charge in [0.15, 0.2) is 0 Å². The molecule has 0 amide bonds. The van der Waals surface area contributed by atoms with Crippen molar-refractivity contribution in [2.24, 2.45) is 0 Å². The predicted molar refractivity (Wildman–Crippen MR) is 86.4 cm³/mol. The first-order chi connectivity index (χ1) is 10.1. The molecule has 0 bridgehead atoms. The van der Waals surface area contributed by atoms with E-state index in [9.17, 15) is 0 Å². The molecule has 2 rings (SSSR count). The number of ether oxygens (including phenoxy) is 2. The van der Waals surface area contributed by atoms with Crippen molar-refractivity contribution in [2.45, 2.75) is 19.9 Å². The van der Waals surface area contributed by atoms with E-state index in [1.165, 1.54) is 16.7 Å². The van der Waals surface area contributed by atoms with E-state index in [1.807, 2.05) is 25.2 Å². The summed E-state index contributed by atoms with van der Waals surface area (Å²) in [6, 6.07) is 12.6. The molecule has 0 fully saturated rings. The summed E-state index contributed by atoms with van der Waals surface area (Å²) in [6.45, 7) is 4.26. The smallest absolute Gasteiger partial charge is 0.122 e. The Balaban J connectivity index is 2.47. The maximum atomic E-state index is 5.36. The summed E-state index contributed by atoms with van der Waals surface area (Å²) >= 11 is 0. The summed E-state index contributed by atoms with van der Waals surface area (Å²) in [7, 11) is 5.30. The Labute approximate surface area is 126 Å². The second-order valence-corrected chi connectivity index (χ2v) is 5.21. The van der Waals surface area contributed by atoms with E-state index in [-0.39, 0.29) is 6.04 Å². The number of nitrogens with one attached hydrogen (secondary N) is 1. The Morgan fingerprint density at radius 3 is 1.90 bits per heavy atom. The van der Waals surface area contributed by atoms with Crippen LogP contribution in [0.4, 0.5) is 0 Å². The molecule has 1 unspecified atom stereocenters. The van der Waals surface area contributed by atoms with Crippen LogP contribution in [-0.4, -0.2) is 21.3 Å². The lowest BCUT2D eigenvalue weighted by Crippen LogP contribution is -2.18. The van der Waals surface area contributed by atoms with Crippen molar-refractivity contribution in [1.82, 2.24) is 5.32 Å². The van der Waals surface area contributed by atoms with Gasteiger partial charge in [0.05, 0.1) is 20.3 Å². The lowest BCUT2D eigenvalue weighted by Gasteiger charge is -2.20. The van der Waals surface area contributed by atoms with Crippen molar-refractivity contribution >= 4 is 0 Å². The Hall–Kier alpha value is -2.00. The van der Waals surface area contributed by atoms with E-state index in [1.54, 1.807) is 14.2 Å². The summed E-state index contributed by atoms with van der Waals surface area (Å²) in [5.74, 6) is 1.60. The number of hydrogen-bond acceptors (Lipinski definition) is 3. The van der Waals surface area contributed by atoms with Crippen molar-refractivity contribution in [3.8, 4) is 11.5 Å². The molecule has 0 heterocycles. The van der Waals surface area contributed by atoms with E-state index >= 15 is 0 Å². The highest BCUT2D eigenvalue weighted by molar-refractivity contribution is 5.44. The van der Waals surface area contributed by atoms with Gasteiger partial charge < -0.3 is 14.8 Å². The maximum Gasteiger partial charge on any atom is 0.122 e. The minimum Gasteiger partial charge on any atom is -0.497 e. The van der Waals surface area contributed by atoms with Crippen molar-refractivity contribution in [2.75, 3.05) is 21.3 Å². The molecule has 0 radical (unpaired) electrons. The average molecular weight is 285 g/mol. The van der Waals surface area contributed by atoms with Crippen LogP contribution in [-0.2, 0) is 0 Å². The van der Waals surface area contributed by atoms with Crippen LogP contribution in [0.2, 0.25) is 0 Å². The molecule has 0 aliphatic heterocycles. The Morgan fingerprint density at radius 1 is 0.810 bits per heavy atom. The first-order valence-electron chi connectivity index (χ1n) is 7.06. The molecule has 1 atom stereocenters. The van der Waals surface area contributed by atoms with E-state index < -0.39 is 0 Å². The van der Waals surface area contributed by atoms with E-state index in [0.717, 1.165) is 17.1 Å². The minimum absolute atomic E-state index is 0.105. The van der Waals surface area contributed by atoms with Crippen molar-refractivity contribution in [3.63, 3.8) is 0 Å². The van der Waals surface area contributed by atoms with Crippen LogP contribution < -0.4 is 14.8 Å². The lowest BCUT2D eigenvalue weighted by molar-refractivity contribution is 0.392. The molecule has 2 aromatic rings. The number of methoxy groups -OCH3 is 2. The number of benzene rings is 2. The molecule has 0 aliphatic carbocycles. The third kappa shape index (κ3) is 3.37. The lowest BCUT2D eigenvalue weighted by atomic mass is 9.95. The summed E-state index contributed by atoms with van der Waals surface area (Å²) in [5.41, 5.74) is 4.95. The molecular weight excluding hydrogens is 262 g/mol. The number of hydrogen-bond donors (Lipinski definition) is 1. The molecule has 3 nitrogen and oxygen atoms in total. The van der Waals surface area contributed by atoms with Gasteiger partial charge in [-0.25, -0.2) is 0 Å². The SMILES string of the molecule is CNC(c1cc(OC)cc(OC)c1)c1ccc(C)c(C)c1. The molecule has 0 aromatic heterocycles. The first kappa shape index (κ1) is 15.4. The summed E-state index contributed by atoms with van der Waals surface area (Å²) in [5, 5.41) is 3.37. The molecule has 21 heavy (non-hydrogen) atoms. The van der Waals surface area contributed by atoms with Gasteiger partial charge in [-0.15, -0.1) is 0 Å². The van der Waals surface area contributed by atoms with Crippen LogP contribution in [0.1, 0.15) is 28.3 Å². The Morgan fingerprint density at radius 2 is 1.43 bits per heavy atom. The van der Waals surface area contributed by atoms with Gasteiger partial charge in [-0.2, -0.15) is 0 Å². The fourth-order valence-electron chi connectivity index (χ4n) is 2.47. The zero-order valence-corrected chi connectivity index (χ0v) is 13.4. The van der Waals surface area contributed by atoms with E-state index in [0.29, 0.717) is 0 Å². The maximum absolute atomic E-state index is 5.36. The van der Waals surface area contributed by atoms with Crippen LogP contribution in [0.5, 0.6) is 11.5 Å². The fraction of sp³-hybridized carbons (Fsp3) is 0.333. The summed E-state index contributed by atoms with van der Waals surface area (Å²) < 4.78 is 10.7. The van der Waals surface area contributed by atoms with Gasteiger partial charge in [-0.3, -0.25) is 0 Å². The van der Waals surface area contributed by atoms with Gasteiger partial charge in [0.1, 0.15) is 11.5 Å². The molecule has 2 aromatic carbocycles. The van der Waals surface area contributed by atoms with Gasteiger partial charge in [0, 0.05) is 6.07 Å². The second kappa shape index (κ2) is 6.64. The zero-order chi connectivity index (χ0) is 15.4. The minimum atomic E-state index is 0.105. The summed E-state index contributed by atoms with van der Waals surface area (Å²) in [4.78, 5) is 0. The van der Waals surface area contributed by atoms with Gasteiger partial charge in [-0.05, 0) is 55.3 Å². The second-order valence-electron chi connectivity index (χ2n) is 5.21. The molecule has 0 aliphatic rings. The van der Waals surface area contributed by atoms with Crippen molar-refractivity contribution < 1.29 is 9.47 Å². The number of rotatable bonds is 5. The molecule has 112 valence electrons. The van der Waals surface area contributed by atoms with Crippen LogP contribution in [0, 0.1) is 13.8 Å². The van der Waals surface area contributed by atoms with Crippen molar-refractivity contribution in [3.05, 3.63) is 58.7 Å². The first-order valence-corrected chi connectivity index (χ1v) is 7.06. The Bertz CT molecular complexity index is 600. The van der Waals surface area contributed by atoms with Crippen LogP contribution in [0.25, 0.3) is 0 Å². The summed E-state index contributed by atoms with van der Waals surface area (Å²) in [6.07, 6.45) is 0. The molecule has 1 N–H and O–H groups in total. The highest BCUT2D eigenvalue weighted by Crippen LogP contribution is 2.30. The largest absolute Gasteiger partial charge is 0.497 e. The van der Waals surface area contributed by atoms with Crippen molar-refractivity contribution in [1.29, 1.82) is 0 Å². The topological polar surface area (TPSA) is 30.5 Å².